The zero-order valence-electron chi connectivity index (χ0n) is 24.4. The minimum absolute atomic E-state index is 0.148. The highest BCUT2D eigenvalue weighted by atomic mass is 35.5. The summed E-state index contributed by atoms with van der Waals surface area (Å²) in [6, 6.07) is 16.2. The number of thiophene rings is 1. The van der Waals surface area contributed by atoms with Crippen molar-refractivity contribution in [1.82, 2.24) is 9.62 Å². The van der Waals surface area contributed by atoms with Crippen LogP contribution in [0.1, 0.15) is 44.1 Å². The van der Waals surface area contributed by atoms with Crippen LogP contribution in [-0.2, 0) is 20.7 Å². The molecule has 0 radical (unpaired) electrons. The second kappa shape index (κ2) is 13.0. The molecule has 1 saturated carbocycles. The number of hydrogen-bond acceptors (Lipinski definition) is 6. The SMILES string of the molecule is NC1CCN(C(=O)[C@H](NS(=O)(=O)c2ccc3cc(OC4CCCC4)ccc3c2)C(F)(F)c2ccc(-c3ccc(Cl)s3)cc2)CC1. The Hall–Kier alpha value is -3.09. The van der Waals surface area contributed by atoms with Gasteiger partial charge in [-0.05, 0) is 91.3 Å². The summed E-state index contributed by atoms with van der Waals surface area (Å²) < 4.78 is 68.7. The Morgan fingerprint density at radius 1 is 0.956 bits per heavy atom. The highest BCUT2D eigenvalue weighted by molar-refractivity contribution is 7.89. The molecule has 1 aliphatic carbocycles. The molecular formula is C33H34ClF2N3O4S2. The summed E-state index contributed by atoms with van der Waals surface area (Å²) in [4.78, 5) is 15.5. The number of benzene rings is 3. The number of fused-ring (bicyclic) bond motifs is 1. The van der Waals surface area contributed by atoms with Gasteiger partial charge in [0, 0.05) is 29.6 Å². The molecule has 12 heteroatoms. The average Bonchev–Trinajstić information content (AvgIpc) is 3.71. The molecule has 3 N–H and O–H groups in total. The number of halogens is 3. The Kier molecular flexibility index (Phi) is 9.18. The highest BCUT2D eigenvalue weighted by Crippen LogP contribution is 2.37. The van der Waals surface area contributed by atoms with Crippen LogP contribution < -0.4 is 15.2 Å². The first-order valence-corrected chi connectivity index (χ1v) is 17.7. The van der Waals surface area contributed by atoms with Crippen molar-refractivity contribution >= 4 is 49.6 Å². The monoisotopic (exact) mass is 673 g/mol. The molecule has 4 aromatic rings. The highest BCUT2D eigenvalue weighted by Gasteiger charge is 2.50. The summed E-state index contributed by atoms with van der Waals surface area (Å²) in [5.41, 5.74) is 6.16. The van der Waals surface area contributed by atoms with Gasteiger partial charge in [-0.3, -0.25) is 4.79 Å². The number of nitrogens with one attached hydrogen (secondary N) is 1. The third-order valence-electron chi connectivity index (χ3n) is 8.56. The van der Waals surface area contributed by atoms with Gasteiger partial charge in [0.2, 0.25) is 15.9 Å². The van der Waals surface area contributed by atoms with Crippen molar-refractivity contribution < 1.29 is 26.7 Å². The van der Waals surface area contributed by atoms with Crippen LogP contribution in [0, 0.1) is 0 Å². The van der Waals surface area contributed by atoms with E-state index in [2.05, 4.69) is 4.72 Å². The first-order valence-electron chi connectivity index (χ1n) is 15.0. The number of carbonyl (C=O) groups excluding carboxylic acids is 1. The lowest BCUT2D eigenvalue weighted by Crippen LogP contribution is -2.57. The molecule has 2 fully saturated rings. The molecule has 2 heterocycles. The second-order valence-corrected chi connectivity index (χ2v) is 15.1. The lowest BCUT2D eigenvalue weighted by molar-refractivity contribution is -0.145. The van der Waals surface area contributed by atoms with Gasteiger partial charge in [-0.15, -0.1) is 11.3 Å². The van der Waals surface area contributed by atoms with Crippen molar-refractivity contribution in [2.75, 3.05) is 13.1 Å². The molecule has 1 aliphatic heterocycles. The summed E-state index contributed by atoms with van der Waals surface area (Å²) in [5.74, 6) is -4.18. The van der Waals surface area contributed by atoms with Gasteiger partial charge >= 0.3 is 0 Å². The molecule has 0 unspecified atom stereocenters. The number of amides is 1. The van der Waals surface area contributed by atoms with Crippen LogP contribution in [0.4, 0.5) is 8.78 Å². The number of nitrogens with two attached hydrogens (primary N) is 1. The van der Waals surface area contributed by atoms with E-state index in [0.717, 1.165) is 35.9 Å². The first kappa shape index (κ1) is 31.9. The summed E-state index contributed by atoms with van der Waals surface area (Å²) in [6.07, 6.45) is 5.32. The Bertz CT molecular complexity index is 1790. The van der Waals surface area contributed by atoms with Crippen molar-refractivity contribution in [1.29, 1.82) is 0 Å². The third kappa shape index (κ3) is 7.02. The molecule has 1 aromatic heterocycles. The van der Waals surface area contributed by atoms with Crippen molar-refractivity contribution in [2.45, 2.75) is 67.5 Å². The molecular weight excluding hydrogens is 640 g/mol. The van der Waals surface area contributed by atoms with Gasteiger partial charge in [-0.2, -0.15) is 13.5 Å². The number of hydrogen-bond donors (Lipinski definition) is 2. The molecule has 2 aliphatic rings. The summed E-state index contributed by atoms with van der Waals surface area (Å²) in [7, 11) is -4.56. The van der Waals surface area contributed by atoms with Gasteiger partial charge < -0.3 is 15.4 Å². The molecule has 6 rings (SSSR count). The average molecular weight is 674 g/mol. The van der Waals surface area contributed by atoms with Crippen LogP contribution in [0.5, 0.6) is 5.75 Å². The fraction of sp³-hybridized carbons (Fsp3) is 0.364. The Morgan fingerprint density at radius 2 is 1.62 bits per heavy atom. The van der Waals surface area contributed by atoms with Crippen LogP contribution in [0.3, 0.4) is 0 Å². The lowest BCUT2D eigenvalue weighted by atomic mass is 9.97. The van der Waals surface area contributed by atoms with Gasteiger partial charge in [0.05, 0.1) is 15.3 Å². The molecule has 1 saturated heterocycles. The number of nitrogens with zero attached hydrogens (tertiary/aromatic N) is 1. The van der Waals surface area contributed by atoms with Crippen LogP contribution in [-0.4, -0.2) is 50.5 Å². The van der Waals surface area contributed by atoms with Gasteiger partial charge in [-0.1, -0.05) is 48.0 Å². The maximum atomic E-state index is 16.3. The maximum absolute atomic E-state index is 16.3. The summed E-state index contributed by atoms with van der Waals surface area (Å²) >= 11 is 7.34. The maximum Gasteiger partial charge on any atom is 0.298 e. The minimum Gasteiger partial charge on any atom is -0.490 e. The van der Waals surface area contributed by atoms with E-state index in [1.807, 2.05) is 6.07 Å². The number of piperidine rings is 1. The van der Waals surface area contributed by atoms with Crippen LogP contribution >= 0.6 is 22.9 Å². The van der Waals surface area contributed by atoms with E-state index in [0.29, 0.717) is 33.9 Å². The van der Waals surface area contributed by atoms with Crippen molar-refractivity contribution in [3.8, 4) is 16.2 Å². The van der Waals surface area contributed by atoms with Gasteiger partial charge in [0.25, 0.3) is 5.92 Å². The van der Waals surface area contributed by atoms with Gasteiger partial charge in [0.15, 0.2) is 6.04 Å². The van der Waals surface area contributed by atoms with E-state index < -0.39 is 33.5 Å². The third-order valence-corrected chi connectivity index (χ3v) is 11.3. The van der Waals surface area contributed by atoms with E-state index in [1.54, 1.807) is 30.3 Å². The number of ether oxygens (including phenoxy) is 1. The van der Waals surface area contributed by atoms with Crippen LogP contribution in [0.2, 0.25) is 4.34 Å². The smallest absolute Gasteiger partial charge is 0.298 e. The normalized spacial score (nSPS) is 17.6. The molecule has 1 atom stereocenters. The van der Waals surface area contributed by atoms with E-state index in [9.17, 15) is 13.2 Å². The van der Waals surface area contributed by atoms with Crippen LogP contribution in [0.15, 0.2) is 77.7 Å². The molecule has 45 heavy (non-hydrogen) atoms. The van der Waals surface area contributed by atoms with E-state index >= 15 is 8.78 Å². The number of carbonyl (C=O) groups is 1. The number of likely N-dealkylation sites (tertiary alicyclic amines) is 1. The number of alkyl halides is 2. The van der Waals surface area contributed by atoms with Gasteiger partial charge in [0.1, 0.15) is 5.75 Å². The Labute approximate surface area is 270 Å². The zero-order valence-corrected chi connectivity index (χ0v) is 26.8. The minimum atomic E-state index is -4.56. The number of sulfonamides is 1. The second-order valence-electron chi connectivity index (χ2n) is 11.7. The van der Waals surface area contributed by atoms with Gasteiger partial charge in [-0.25, -0.2) is 8.42 Å². The molecule has 3 aromatic carbocycles. The zero-order chi connectivity index (χ0) is 31.8. The van der Waals surface area contributed by atoms with Crippen molar-refractivity contribution in [3.05, 3.63) is 82.7 Å². The Balaban J connectivity index is 1.29. The predicted molar refractivity (Wildman–Crippen MR) is 173 cm³/mol. The topological polar surface area (TPSA) is 102 Å². The predicted octanol–water partition coefficient (Wildman–Crippen LogP) is 6.93. The molecule has 0 spiro atoms. The molecule has 7 nitrogen and oxygen atoms in total. The fourth-order valence-electron chi connectivity index (χ4n) is 5.94. The van der Waals surface area contributed by atoms with Crippen molar-refractivity contribution in [2.24, 2.45) is 5.73 Å². The van der Waals surface area contributed by atoms with E-state index in [4.69, 9.17) is 22.1 Å². The lowest BCUT2D eigenvalue weighted by Gasteiger charge is -2.35. The van der Waals surface area contributed by atoms with E-state index in [-0.39, 0.29) is 30.1 Å². The standard InChI is InChI=1S/C33H34ClF2N3O4S2/c34-30-14-13-29(44-30)21-5-9-24(10-6-21)33(35,36)31(32(40)39-17-15-25(37)16-18-39)38-45(41,42)28-12-8-22-19-27(11-7-23(22)20-28)43-26-3-1-2-4-26/h5-14,19-20,25-26,31,38H,1-4,15-18,37H2/t31-/m0/s1. The van der Waals surface area contributed by atoms with Crippen molar-refractivity contribution in [3.63, 3.8) is 0 Å². The number of rotatable bonds is 9. The molecule has 238 valence electrons. The van der Waals surface area contributed by atoms with E-state index in [1.165, 1.54) is 52.6 Å². The summed E-state index contributed by atoms with van der Waals surface area (Å²) in [5, 5.41) is 1.35. The molecule has 0 bridgehead atoms. The van der Waals surface area contributed by atoms with Crippen LogP contribution in [0.25, 0.3) is 21.2 Å². The fourth-order valence-corrected chi connectivity index (χ4v) is 8.21. The quantitative estimate of drug-likeness (QED) is 0.201. The Morgan fingerprint density at radius 3 is 2.29 bits per heavy atom. The largest absolute Gasteiger partial charge is 0.490 e. The molecule has 1 amide bonds. The first-order chi connectivity index (χ1) is 21.5. The summed E-state index contributed by atoms with van der Waals surface area (Å²) in [6.45, 7) is 0.321.